The molecular weight excluding hydrogens is 388 g/mol. The molecule has 0 spiro atoms. The number of piperidine rings is 1. The number of unbranched alkanes of at least 4 members (excludes halogenated alkanes) is 1. The molecule has 154 valence electrons. The van der Waals surface area contributed by atoms with E-state index in [4.69, 9.17) is 25.6 Å². The monoisotopic (exact) mass is 414 g/mol. The van der Waals surface area contributed by atoms with E-state index in [1.807, 2.05) is 42.5 Å². The Morgan fingerprint density at radius 3 is 2.69 bits per heavy atom. The molecule has 0 N–H and O–H groups in total. The van der Waals surface area contributed by atoms with Gasteiger partial charge < -0.3 is 18.9 Å². The van der Waals surface area contributed by atoms with E-state index in [0.29, 0.717) is 17.5 Å². The number of methoxy groups -OCH3 is 1. The van der Waals surface area contributed by atoms with E-state index < -0.39 is 0 Å². The van der Waals surface area contributed by atoms with Crippen molar-refractivity contribution >= 4 is 22.5 Å². The number of likely N-dealkylation sites (tertiary alicyclic amines) is 1. The molecule has 0 unspecified atom stereocenters. The SMILES string of the molecule is COc1ccccc1OCCCCN1CCC(c2onc3cc(Cl)ccc23)CC1. The van der Waals surface area contributed by atoms with E-state index in [9.17, 15) is 0 Å². The minimum atomic E-state index is 0.436. The molecule has 0 atom stereocenters. The van der Waals surface area contributed by atoms with Gasteiger partial charge in [0.15, 0.2) is 11.5 Å². The summed E-state index contributed by atoms with van der Waals surface area (Å²) in [6, 6.07) is 13.6. The van der Waals surface area contributed by atoms with Crippen molar-refractivity contribution in [1.82, 2.24) is 10.1 Å². The summed E-state index contributed by atoms with van der Waals surface area (Å²) in [6.07, 6.45) is 4.37. The minimum absolute atomic E-state index is 0.436. The topological polar surface area (TPSA) is 47.7 Å². The summed E-state index contributed by atoms with van der Waals surface area (Å²) in [5, 5.41) is 5.98. The number of hydrogen-bond acceptors (Lipinski definition) is 5. The third-order valence-corrected chi connectivity index (χ3v) is 5.86. The van der Waals surface area contributed by atoms with Crippen LogP contribution in [0.1, 0.15) is 37.4 Å². The molecular formula is C23H27ClN2O3. The zero-order valence-corrected chi connectivity index (χ0v) is 17.5. The summed E-state index contributed by atoms with van der Waals surface area (Å²) in [6.45, 7) is 4.00. The van der Waals surface area contributed by atoms with Crippen molar-refractivity contribution in [3.05, 3.63) is 53.2 Å². The number of aromatic nitrogens is 1. The van der Waals surface area contributed by atoms with Gasteiger partial charge in [-0.3, -0.25) is 0 Å². The first-order valence-corrected chi connectivity index (χ1v) is 10.7. The number of halogens is 1. The molecule has 5 nitrogen and oxygen atoms in total. The summed E-state index contributed by atoms with van der Waals surface area (Å²) >= 11 is 6.05. The van der Waals surface area contributed by atoms with Gasteiger partial charge in [-0.25, -0.2) is 0 Å². The molecule has 1 saturated heterocycles. The second-order valence-corrected chi connectivity index (χ2v) is 7.97. The number of fused-ring (bicyclic) bond motifs is 1. The number of hydrogen-bond donors (Lipinski definition) is 0. The number of benzene rings is 2. The summed E-state index contributed by atoms with van der Waals surface area (Å²) < 4.78 is 16.8. The van der Waals surface area contributed by atoms with Gasteiger partial charge in [0.1, 0.15) is 11.3 Å². The number of ether oxygens (including phenoxy) is 2. The van der Waals surface area contributed by atoms with Gasteiger partial charge in [0.05, 0.1) is 13.7 Å². The summed E-state index contributed by atoms with van der Waals surface area (Å²) in [5.74, 6) is 3.06. The molecule has 0 bridgehead atoms. The number of rotatable bonds is 8. The molecule has 3 aromatic rings. The predicted octanol–water partition coefficient (Wildman–Crippen LogP) is 5.53. The normalized spacial score (nSPS) is 15.7. The van der Waals surface area contributed by atoms with E-state index in [1.54, 1.807) is 7.11 Å². The first-order valence-electron chi connectivity index (χ1n) is 10.3. The molecule has 0 amide bonds. The minimum Gasteiger partial charge on any atom is -0.493 e. The van der Waals surface area contributed by atoms with Crippen molar-refractivity contribution in [3.63, 3.8) is 0 Å². The van der Waals surface area contributed by atoms with Crippen LogP contribution in [0.3, 0.4) is 0 Å². The van der Waals surface area contributed by atoms with Crippen molar-refractivity contribution in [2.75, 3.05) is 33.4 Å². The molecule has 0 saturated carbocycles. The highest BCUT2D eigenvalue weighted by molar-refractivity contribution is 6.31. The van der Waals surface area contributed by atoms with Gasteiger partial charge in [-0.2, -0.15) is 0 Å². The third kappa shape index (κ3) is 4.85. The summed E-state index contributed by atoms with van der Waals surface area (Å²) in [5.41, 5.74) is 0.852. The second-order valence-electron chi connectivity index (χ2n) is 7.53. The van der Waals surface area contributed by atoms with Crippen LogP contribution in [0.2, 0.25) is 5.02 Å². The third-order valence-electron chi connectivity index (χ3n) is 5.62. The number of para-hydroxylation sites is 2. The highest BCUT2D eigenvalue weighted by atomic mass is 35.5. The maximum Gasteiger partial charge on any atom is 0.161 e. The average Bonchev–Trinajstić information content (AvgIpc) is 3.17. The lowest BCUT2D eigenvalue weighted by molar-refractivity contribution is 0.189. The van der Waals surface area contributed by atoms with Crippen LogP contribution in [0.25, 0.3) is 10.9 Å². The van der Waals surface area contributed by atoms with Crippen LogP contribution in [-0.4, -0.2) is 43.4 Å². The quantitative estimate of drug-likeness (QED) is 0.453. The Morgan fingerprint density at radius 1 is 1.10 bits per heavy atom. The fraction of sp³-hybridized carbons (Fsp3) is 0.435. The maximum atomic E-state index is 6.05. The van der Waals surface area contributed by atoms with Crippen LogP contribution >= 0.6 is 11.6 Å². The van der Waals surface area contributed by atoms with Gasteiger partial charge >= 0.3 is 0 Å². The fourth-order valence-corrected chi connectivity index (χ4v) is 4.17. The first-order chi connectivity index (χ1) is 14.2. The predicted molar refractivity (Wildman–Crippen MR) is 115 cm³/mol. The molecule has 2 aromatic carbocycles. The standard InChI is InChI=1S/C23H27ClN2O3/c1-27-21-6-2-3-7-22(21)28-15-5-4-12-26-13-10-17(11-14-26)23-19-9-8-18(24)16-20(19)25-29-23/h2-3,6-9,16-17H,4-5,10-15H2,1H3. The Labute approximate surface area is 176 Å². The number of nitrogens with zero attached hydrogens (tertiary/aromatic N) is 2. The Kier molecular flexibility index (Phi) is 6.57. The van der Waals surface area contributed by atoms with Crippen LogP contribution in [0.5, 0.6) is 11.5 Å². The Morgan fingerprint density at radius 2 is 1.90 bits per heavy atom. The average molecular weight is 415 g/mol. The van der Waals surface area contributed by atoms with Crippen LogP contribution in [-0.2, 0) is 0 Å². The van der Waals surface area contributed by atoms with Crippen LogP contribution < -0.4 is 9.47 Å². The lowest BCUT2D eigenvalue weighted by atomic mass is 9.92. The molecule has 29 heavy (non-hydrogen) atoms. The van der Waals surface area contributed by atoms with E-state index in [0.717, 1.165) is 73.5 Å². The Bertz CT molecular complexity index is 935. The largest absolute Gasteiger partial charge is 0.493 e. The molecule has 2 heterocycles. The first kappa shape index (κ1) is 20.0. The molecule has 6 heteroatoms. The zero-order valence-electron chi connectivity index (χ0n) is 16.8. The van der Waals surface area contributed by atoms with Gasteiger partial charge in [-0.1, -0.05) is 28.9 Å². The molecule has 0 radical (unpaired) electrons. The molecule has 1 fully saturated rings. The maximum absolute atomic E-state index is 6.05. The molecule has 4 rings (SSSR count). The summed E-state index contributed by atoms with van der Waals surface area (Å²) in [7, 11) is 1.67. The van der Waals surface area contributed by atoms with Crippen LogP contribution in [0.4, 0.5) is 0 Å². The van der Waals surface area contributed by atoms with Crippen molar-refractivity contribution < 1.29 is 14.0 Å². The highest BCUT2D eigenvalue weighted by Crippen LogP contribution is 2.34. The van der Waals surface area contributed by atoms with E-state index in [1.165, 1.54) is 0 Å². The van der Waals surface area contributed by atoms with Gasteiger partial charge in [0.2, 0.25) is 0 Å². The molecule has 1 aliphatic heterocycles. The van der Waals surface area contributed by atoms with E-state index in [-0.39, 0.29) is 0 Å². The molecule has 0 aliphatic carbocycles. The van der Waals surface area contributed by atoms with E-state index in [2.05, 4.69) is 10.1 Å². The molecule has 1 aliphatic rings. The molecule has 1 aromatic heterocycles. The summed E-state index contributed by atoms with van der Waals surface area (Å²) in [4.78, 5) is 2.54. The highest BCUT2D eigenvalue weighted by Gasteiger charge is 2.25. The van der Waals surface area contributed by atoms with Crippen LogP contribution in [0, 0.1) is 0 Å². The van der Waals surface area contributed by atoms with E-state index >= 15 is 0 Å². The smallest absolute Gasteiger partial charge is 0.161 e. The van der Waals surface area contributed by atoms with Crippen molar-refractivity contribution in [3.8, 4) is 11.5 Å². The zero-order chi connectivity index (χ0) is 20.1. The van der Waals surface area contributed by atoms with Crippen LogP contribution in [0.15, 0.2) is 47.0 Å². The second kappa shape index (κ2) is 9.51. The van der Waals surface area contributed by atoms with Gasteiger partial charge in [0, 0.05) is 16.3 Å². The van der Waals surface area contributed by atoms with Gasteiger partial charge in [-0.05, 0) is 75.6 Å². The van der Waals surface area contributed by atoms with Crippen molar-refractivity contribution in [2.45, 2.75) is 31.6 Å². The Hall–Kier alpha value is -2.24. The fourth-order valence-electron chi connectivity index (χ4n) is 4.01. The van der Waals surface area contributed by atoms with Crippen molar-refractivity contribution in [2.24, 2.45) is 0 Å². The lowest BCUT2D eigenvalue weighted by Gasteiger charge is -2.30. The van der Waals surface area contributed by atoms with Gasteiger partial charge in [0.25, 0.3) is 0 Å². The van der Waals surface area contributed by atoms with Crippen molar-refractivity contribution in [1.29, 1.82) is 0 Å². The van der Waals surface area contributed by atoms with Gasteiger partial charge in [-0.15, -0.1) is 0 Å². The lowest BCUT2D eigenvalue weighted by Crippen LogP contribution is -2.33. The Balaban J connectivity index is 1.19.